The fourth-order valence-electron chi connectivity index (χ4n) is 1.74. The SMILES string of the molecule is CNC1Cc2ccc(C(F)(F)F)cc21. The number of nitrogens with one attached hydrogen (secondary N) is 1. The summed E-state index contributed by atoms with van der Waals surface area (Å²) in [5, 5.41) is 2.97. The van der Waals surface area contributed by atoms with Crippen molar-refractivity contribution in [2.75, 3.05) is 7.05 Å². The number of likely N-dealkylation sites (N-methyl/N-ethyl adjacent to an activating group) is 1. The van der Waals surface area contributed by atoms with Crippen LogP contribution in [0.15, 0.2) is 18.2 Å². The standard InChI is InChI=1S/C10H10F3N/c1-14-9-4-6-2-3-7(5-8(6)9)10(11,12)13/h2-3,5,9,14H,4H2,1H3. The molecule has 1 N–H and O–H groups in total. The van der Waals surface area contributed by atoms with Gasteiger partial charge in [-0.2, -0.15) is 13.2 Å². The summed E-state index contributed by atoms with van der Waals surface area (Å²) >= 11 is 0. The van der Waals surface area contributed by atoms with Gasteiger partial charge in [-0.25, -0.2) is 0 Å². The topological polar surface area (TPSA) is 12.0 Å². The van der Waals surface area contributed by atoms with Gasteiger partial charge in [-0.05, 0) is 36.7 Å². The maximum absolute atomic E-state index is 12.3. The van der Waals surface area contributed by atoms with E-state index in [1.54, 1.807) is 13.1 Å². The molecule has 1 aromatic rings. The average molecular weight is 201 g/mol. The molecule has 0 amide bonds. The van der Waals surface area contributed by atoms with Gasteiger partial charge in [-0.15, -0.1) is 0 Å². The van der Waals surface area contributed by atoms with E-state index < -0.39 is 11.7 Å². The molecule has 0 heterocycles. The largest absolute Gasteiger partial charge is 0.416 e. The zero-order valence-corrected chi connectivity index (χ0v) is 7.65. The highest BCUT2D eigenvalue weighted by atomic mass is 19.4. The fraction of sp³-hybridized carbons (Fsp3) is 0.400. The van der Waals surface area contributed by atoms with Crippen molar-refractivity contribution >= 4 is 0 Å². The lowest BCUT2D eigenvalue weighted by molar-refractivity contribution is -0.137. The van der Waals surface area contributed by atoms with Gasteiger partial charge in [0.05, 0.1) is 5.56 Å². The van der Waals surface area contributed by atoms with Crippen LogP contribution in [0.4, 0.5) is 13.2 Å². The van der Waals surface area contributed by atoms with Gasteiger partial charge in [0.1, 0.15) is 0 Å². The molecule has 0 aromatic heterocycles. The van der Waals surface area contributed by atoms with Gasteiger partial charge in [-0.3, -0.25) is 0 Å². The van der Waals surface area contributed by atoms with Crippen LogP contribution < -0.4 is 5.32 Å². The zero-order valence-electron chi connectivity index (χ0n) is 7.65. The van der Waals surface area contributed by atoms with Gasteiger partial charge in [-0.1, -0.05) is 6.07 Å². The van der Waals surface area contributed by atoms with Crippen molar-refractivity contribution < 1.29 is 13.2 Å². The first-order valence-corrected chi connectivity index (χ1v) is 4.39. The lowest BCUT2D eigenvalue weighted by Gasteiger charge is -2.30. The first-order valence-electron chi connectivity index (χ1n) is 4.39. The molecule has 0 bridgehead atoms. The van der Waals surface area contributed by atoms with Crippen molar-refractivity contribution in [3.63, 3.8) is 0 Å². The average Bonchev–Trinajstić information content (AvgIpc) is 2.05. The van der Waals surface area contributed by atoms with E-state index in [0.29, 0.717) is 0 Å². The van der Waals surface area contributed by atoms with Gasteiger partial charge in [0.15, 0.2) is 0 Å². The Labute approximate surface area is 79.9 Å². The quantitative estimate of drug-likeness (QED) is 0.736. The number of hydrogen-bond acceptors (Lipinski definition) is 1. The molecule has 76 valence electrons. The van der Waals surface area contributed by atoms with Crippen LogP contribution in [0.3, 0.4) is 0 Å². The summed E-state index contributed by atoms with van der Waals surface area (Å²) < 4.78 is 37.0. The number of hydrogen-bond donors (Lipinski definition) is 1. The smallest absolute Gasteiger partial charge is 0.313 e. The maximum Gasteiger partial charge on any atom is 0.416 e. The van der Waals surface area contributed by atoms with E-state index in [9.17, 15) is 13.2 Å². The third kappa shape index (κ3) is 1.39. The Hall–Kier alpha value is -1.03. The Balaban J connectivity index is 2.36. The predicted molar refractivity (Wildman–Crippen MR) is 46.9 cm³/mol. The van der Waals surface area contributed by atoms with Gasteiger partial charge in [0.2, 0.25) is 0 Å². The first-order chi connectivity index (χ1) is 6.52. The van der Waals surface area contributed by atoms with Crippen molar-refractivity contribution in [2.45, 2.75) is 18.6 Å². The number of halogens is 3. The van der Waals surface area contributed by atoms with E-state index in [1.165, 1.54) is 6.07 Å². The Bertz CT molecular complexity index is 357. The van der Waals surface area contributed by atoms with Gasteiger partial charge in [0, 0.05) is 6.04 Å². The predicted octanol–water partition coefficient (Wildman–Crippen LogP) is 2.52. The lowest BCUT2D eigenvalue weighted by atomic mass is 9.82. The van der Waals surface area contributed by atoms with Crippen LogP contribution in [0.25, 0.3) is 0 Å². The van der Waals surface area contributed by atoms with Crippen LogP contribution in [0, 0.1) is 0 Å². The summed E-state index contributed by atoms with van der Waals surface area (Å²) in [5.41, 5.74) is 1.23. The van der Waals surface area contributed by atoms with Crippen LogP contribution in [-0.2, 0) is 12.6 Å². The lowest BCUT2D eigenvalue weighted by Crippen LogP contribution is -2.28. The molecule has 1 aliphatic rings. The third-order valence-corrected chi connectivity index (χ3v) is 2.62. The van der Waals surface area contributed by atoms with E-state index in [2.05, 4.69) is 5.32 Å². The molecular weight excluding hydrogens is 191 g/mol. The van der Waals surface area contributed by atoms with E-state index >= 15 is 0 Å². The van der Waals surface area contributed by atoms with E-state index in [-0.39, 0.29) is 6.04 Å². The van der Waals surface area contributed by atoms with Crippen LogP contribution in [0.2, 0.25) is 0 Å². The molecule has 0 aliphatic heterocycles. The minimum Gasteiger partial charge on any atom is -0.313 e. The number of benzene rings is 1. The summed E-state index contributed by atoms with van der Waals surface area (Å²) in [4.78, 5) is 0. The summed E-state index contributed by atoms with van der Waals surface area (Å²) in [7, 11) is 1.76. The molecule has 4 heteroatoms. The van der Waals surface area contributed by atoms with Gasteiger partial charge in [0.25, 0.3) is 0 Å². The highest BCUT2D eigenvalue weighted by Crippen LogP contribution is 2.37. The molecule has 1 unspecified atom stereocenters. The van der Waals surface area contributed by atoms with Gasteiger partial charge >= 0.3 is 6.18 Å². The highest BCUT2D eigenvalue weighted by molar-refractivity contribution is 5.43. The molecule has 0 spiro atoms. The normalized spacial score (nSPS) is 20.1. The molecular formula is C10H10F3N. The number of fused-ring (bicyclic) bond motifs is 1. The van der Waals surface area contributed by atoms with E-state index in [4.69, 9.17) is 0 Å². The molecule has 0 saturated carbocycles. The van der Waals surface area contributed by atoms with Crippen molar-refractivity contribution in [3.8, 4) is 0 Å². The van der Waals surface area contributed by atoms with Crippen LogP contribution in [0.1, 0.15) is 22.7 Å². The number of rotatable bonds is 1. The Morgan fingerprint density at radius 2 is 2.07 bits per heavy atom. The second-order valence-corrected chi connectivity index (χ2v) is 3.46. The van der Waals surface area contributed by atoms with Crippen molar-refractivity contribution in [1.29, 1.82) is 0 Å². The highest BCUT2D eigenvalue weighted by Gasteiger charge is 2.33. The second-order valence-electron chi connectivity index (χ2n) is 3.46. The summed E-state index contributed by atoms with van der Waals surface area (Å²) in [6.45, 7) is 0. The Kier molecular flexibility index (Phi) is 2.03. The molecule has 1 nitrogen and oxygen atoms in total. The summed E-state index contributed by atoms with van der Waals surface area (Å²) in [5.74, 6) is 0. The van der Waals surface area contributed by atoms with E-state index in [1.807, 2.05) is 0 Å². The zero-order chi connectivity index (χ0) is 10.3. The van der Waals surface area contributed by atoms with Crippen molar-refractivity contribution in [2.24, 2.45) is 0 Å². The number of alkyl halides is 3. The Morgan fingerprint density at radius 1 is 1.36 bits per heavy atom. The Morgan fingerprint density at radius 3 is 2.64 bits per heavy atom. The molecule has 14 heavy (non-hydrogen) atoms. The van der Waals surface area contributed by atoms with Crippen LogP contribution >= 0.6 is 0 Å². The van der Waals surface area contributed by atoms with Crippen molar-refractivity contribution in [1.82, 2.24) is 5.32 Å². The second kappa shape index (κ2) is 2.98. The summed E-state index contributed by atoms with van der Waals surface area (Å²) in [6.07, 6.45) is -3.41. The van der Waals surface area contributed by atoms with Gasteiger partial charge < -0.3 is 5.32 Å². The molecule has 0 fully saturated rings. The van der Waals surface area contributed by atoms with Crippen LogP contribution in [0.5, 0.6) is 0 Å². The minimum atomic E-state index is -4.23. The monoisotopic (exact) mass is 201 g/mol. The molecule has 1 aromatic carbocycles. The molecule has 0 saturated heterocycles. The maximum atomic E-state index is 12.3. The summed E-state index contributed by atoms with van der Waals surface area (Å²) in [6, 6.07) is 4.03. The fourth-order valence-corrected chi connectivity index (χ4v) is 1.74. The van der Waals surface area contributed by atoms with Crippen LogP contribution in [-0.4, -0.2) is 7.05 Å². The van der Waals surface area contributed by atoms with Crippen molar-refractivity contribution in [3.05, 3.63) is 34.9 Å². The first kappa shape index (κ1) is 9.52. The molecule has 2 rings (SSSR count). The third-order valence-electron chi connectivity index (χ3n) is 2.62. The molecule has 1 atom stereocenters. The molecule has 1 aliphatic carbocycles. The van der Waals surface area contributed by atoms with E-state index in [0.717, 1.165) is 23.6 Å². The minimum absolute atomic E-state index is 0.0901. The molecule has 0 radical (unpaired) electrons.